The second kappa shape index (κ2) is 6.14. The molecule has 1 aromatic heterocycles. The Morgan fingerprint density at radius 2 is 2.19 bits per heavy atom. The Hall–Kier alpha value is -1.42. The molecule has 1 aliphatic carbocycles. The number of aromatic nitrogens is 1. The molecule has 0 aromatic carbocycles. The third kappa shape index (κ3) is 3.62. The molecule has 3 rings (SSSR count). The molecule has 1 saturated carbocycles. The lowest BCUT2D eigenvalue weighted by atomic mass is 10.2. The maximum atomic E-state index is 11.8. The van der Waals surface area contributed by atoms with Crippen LogP contribution in [0.5, 0.6) is 0 Å². The van der Waals surface area contributed by atoms with Gasteiger partial charge in [0.15, 0.2) is 0 Å². The Morgan fingerprint density at radius 3 is 2.81 bits per heavy atom. The first-order valence-corrected chi connectivity index (χ1v) is 8.06. The lowest BCUT2D eigenvalue weighted by molar-refractivity contribution is -0.130. The van der Waals surface area contributed by atoms with Gasteiger partial charge in [0.2, 0.25) is 5.91 Å². The van der Waals surface area contributed by atoms with Crippen molar-refractivity contribution in [3.05, 3.63) is 29.6 Å². The molecule has 0 bridgehead atoms. The molecule has 0 spiro atoms. The lowest BCUT2D eigenvalue weighted by Crippen LogP contribution is -2.43. The second-order valence-electron chi connectivity index (χ2n) is 6.50. The Labute approximate surface area is 127 Å². The SMILES string of the molecule is CC(=O)N(C[C@@H]1CCCN1Cc1ccc(C)cn1)C1CC1. The highest BCUT2D eigenvalue weighted by molar-refractivity contribution is 5.74. The molecule has 0 unspecified atom stereocenters. The van der Waals surface area contributed by atoms with Crippen LogP contribution in [0.1, 0.15) is 43.9 Å². The van der Waals surface area contributed by atoms with E-state index in [0.29, 0.717) is 12.1 Å². The molecule has 114 valence electrons. The van der Waals surface area contributed by atoms with Gasteiger partial charge in [0.1, 0.15) is 0 Å². The van der Waals surface area contributed by atoms with E-state index in [4.69, 9.17) is 0 Å². The number of likely N-dealkylation sites (tertiary alicyclic amines) is 1. The van der Waals surface area contributed by atoms with E-state index in [-0.39, 0.29) is 5.91 Å². The number of carbonyl (C=O) groups is 1. The molecule has 1 saturated heterocycles. The van der Waals surface area contributed by atoms with Crippen molar-refractivity contribution < 1.29 is 4.79 Å². The Bertz CT molecular complexity index is 495. The molecule has 1 aliphatic heterocycles. The van der Waals surface area contributed by atoms with Gasteiger partial charge in [-0.15, -0.1) is 0 Å². The monoisotopic (exact) mass is 287 g/mol. The van der Waals surface area contributed by atoms with Gasteiger partial charge >= 0.3 is 0 Å². The van der Waals surface area contributed by atoms with Gasteiger partial charge in [-0.05, 0) is 50.8 Å². The summed E-state index contributed by atoms with van der Waals surface area (Å²) in [5.74, 6) is 0.234. The molecule has 2 fully saturated rings. The average molecular weight is 287 g/mol. The second-order valence-corrected chi connectivity index (χ2v) is 6.50. The zero-order chi connectivity index (χ0) is 14.8. The van der Waals surface area contributed by atoms with E-state index in [2.05, 4.69) is 33.8 Å². The van der Waals surface area contributed by atoms with Crippen LogP contribution in [-0.2, 0) is 11.3 Å². The van der Waals surface area contributed by atoms with Gasteiger partial charge in [0.25, 0.3) is 0 Å². The molecule has 21 heavy (non-hydrogen) atoms. The van der Waals surface area contributed by atoms with Crippen LogP contribution in [0.4, 0.5) is 0 Å². The van der Waals surface area contributed by atoms with Crippen LogP contribution in [0.3, 0.4) is 0 Å². The van der Waals surface area contributed by atoms with Crippen LogP contribution in [0.2, 0.25) is 0 Å². The summed E-state index contributed by atoms with van der Waals surface area (Å²) < 4.78 is 0. The van der Waals surface area contributed by atoms with Crippen molar-refractivity contribution in [3.8, 4) is 0 Å². The molecule has 2 aliphatic rings. The maximum Gasteiger partial charge on any atom is 0.219 e. The fourth-order valence-electron chi connectivity index (χ4n) is 3.26. The number of nitrogens with zero attached hydrogens (tertiary/aromatic N) is 3. The fourth-order valence-corrected chi connectivity index (χ4v) is 3.26. The molecular weight excluding hydrogens is 262 g/mol. The zero-order valence-corrected chi connectivity index (χ0v) is 13.1. The number of pyridine rings is 1. The lowest BCUT2D eigenvalue weighted by Gasteiger charge is -2.30. The van der Waals surface area contributed by atoms with Gasteiger partial charge in [-0.1, -0.05) is 6.07 Å². The number of aryl methyl sites for hydroxylation is 1. The summed E-state index contributed by atoms with van der Waals surface area (Å²) >= 11 is 0. The van der Waals surface area contributed by atoms with E-state index in [0.717, 1.165) is 25.3 Å². The van der Waals surface area contributed by atoms with Crippen molar-refractivity contribution in [2.75, 3.05) is 13.1 Å². The number of carbonyl (C=O) groups excluding carboxylic acids is 1. The van der Waals surface area contributed by atoms with E-state index in [1.165, 1.54) is 31.2 Å². The predicted molar refractivity (Wildman–Crippen MR) is 82.8 cm³/mol. The summed E-state index contributed by atoms with van der Waals surface area (Å²) in [6.45, 7) is 6.69. The minimum atomic E-state index is 0.234. The molecule has 4 heteroatoms. The molecule has 4 nitrogen and oxygen atoms in total. The molecule has 0 N–H and O–H groups in total. The van der Waals surface area contributed by atoms with Crippen LogP contribution < -0.4 is 0 Å². The topological polar surface area (TPSA) is 36.4 Å². The summed E-state index contributed by atoms with van der Waals surface area (Å²) in [5, 5.41) is 0. The minimum Gasteiger partial charge on any atom is -0.338 e. The van der Waals surface area contributed by atoms with E-state index in [9.17, 15) is 4.79 Å². The van der Waals surface area contributed by atoms with Gasteiger partial charge in [-0.3, -0.25) is 14.7 Å². The van der Waals surface area contributed by atoms with Gasteiger partial charge in [-0.2, -0.15) is 0 Å². The van der Waals surface area contributed by atoms with E-state index >= 15 is 0 Å². The third-order valence-corrected chi connectivity index (χ3v) is 4.64. The molecule has 1 amide bonds. The average Bonchev–Trinajstić information content (AvgIpc) is 3.20. The number of rotatable bonds is 5. The minimum absolute atomic E-state index is 0.234. The van der Waals surface area contributed by atoms with Crippen molar-refractivity contribution >= 4 is 5.91 Å². The largest absolute Gasteiger partial charge is 0.338 e. The standard InChI is InChI=1S/C17H25N3O/c1-13-5-6-15(18-10-13)11-19-9-3-4-17(19)12-20(14(2)21)16-7-8-16/h5-6,10,16-17H,3-4,7-9,11-12H2,1-2H3/t17-/m0/s1. The Kier molecular flexibility index (Phi) is 4.24. The highest BCUT2D eigenvalue weighted by Crippen LogP contribution is 2.29. The highest BCUT2D eigenvalue weighted by Gasteiger charge is 2.35. The Balaban J connectivity index is 1.62. The zero-order valence-electron chi connectivity index (χ0n) is 13.1. The van der Waals surface area contributed by atoms with Crippen LogP contribution >= 0.6 is 0 Å². The maximum absolute atomic E-state index is 11.8. The summed E-state index contributed by atoms with van der Waals surface area (Å²) in [6.07, 6.45) is 6.74. The van der Waals surface area contributed by atoms with E-state index in [1.54, 1.807) is 6.92 Å². The third-order valence-electron chi connectivity index (χ3n) is 4.64. The molecular formula is C17H25N3O. The van der Waals surface area contributed by atoms with Crippen molar-refractivity contribution in [3.63, 3.8) is 0 Å². The fraction of sp³-hybridized carbons (Fsp3) is 0.647. The summed E-state index contributed by atoms with van der Waals surface area (Å²) in [5.41, 5.74) is 2.33. The molecule has 2 heterocycles. The van der Waals surface area contributed by atoms with Crippen molar-refractivity contribution in [1.82, 2.24) is 14.8 Å². The van der Waals surface area contributed by atoms with E-state index in [1.807, 2.05) is 6.20 Å². The van der Waals surface area contributed by atoms with Gasteiger partial charge < -0.3 is 4.90 Å². The summed E-state index contributed by atoms with van der Waals surface area (Å²) in [4.78, 5) is 20.9. The van der Waals surface area contributed by atoms with Crippen molar-refractivity contribution in [2.45, 2.75) is 58.2 Å². The van der Waals surface area contributed by atoms with Gasteiger partial charge in [-0.25, -0.2) is 0 Å². The molecule has 1 atom stereocenters. The summed E-state index contributed by atoms with van der Waals surface area (Å²) in [7, 11) is 0. The molecule has 0 radical (unpaired) electrons. The Morgan fingerprint density at radius 1 is 1.38 bits per heavy atom. The number of hydrogen-bond donors (Lipinski definition) is 0. The van der Waals surface area contributed by atoms with Gasteiger partial charge in [0.05, 0.1) is 5.69 Å². The highest BCUT2D eigenvalue weighted by atomic mass is 16.2. The quantitative estimate of drug-likeness (QED) is 0.834. The van der Waals surface area contributed by atoms with Crippen LogP contribution in [0, 0.1) is 6.92 Å². The first kappa shape index (κ1) is 14.5. The number of amides is 1. The van der Waals surface area contributed by atoms with Crippen molar-refractivity contribution in [2.24, 2.45) is 0 Å². The summed E-state index contributed by atoms with van der Waals surface area (Å²) in [6, 6.07) is 5.26. The van der Waals surface area contributed by atoms with Gasteiger partial charge in [0, 0.05) is 38.3 Å². The van der Waals surface area contributed by atoms with Crippen LogP contribution in [0.25, 0.3) is 0 Å². The van der Waals surface area contributed by atoms with Crippen molar-refractivity contribution in [1.29, 1.82) is 0 Å². The van der Waals surface area contributed by atoms with Crippen LogP contribution in [0.15, 0.2) is 18.3 Å². The predicted octanol–water partition coefficient (Wildman–Crippen LogP) is 2.37. The van der Waals surface area contributed by atoms with Crippen LogP contribution in [-0.4, -0.2) is 45.9 Å². The van der Waals surface area contributed by atoms with E-state index < -0.39 is 0 Å². The number of hydrogen-bond acceptors (Lipinski definition) is 3. The first-order chi connectivity index (χ1) is 10.1. The molecule has 1 aromatic rings. The normalized spacial score (nSPS) is 22.5. The first-order valence-electron chi connectivity index (χ1n) is 8.06. The smallest absolute Gasteiger partial charge is 0.219 e.